The van der Waals surface area contributed by atoms with E-state index in [9.17, 15) is 13.6 Å². The normalized spacial score (nSPS) is 14.1. The molecule has 204 valence electrons. The molecule has 2 heterocycles. The minimum atomic E-state index is -0.785. The molecular formula is C28H34F2N4O3S. The van der Waals surface area contributed by atoms with E-state index in [-0.39, 0.29) is 18.0 Å². The van der Waals surface area contributed by atoms with Crippen molar-refractivity contribution in [2.45, 2.75) is 37.9 Å². The Morgan fingerprint density at radius 3 is 2.32 bits per heavy atom. The van der Waals surface area contributed by atoms with Gasteiger partial charge in [-0.15, -0.1) is 0 Å². The summed E-state index contributed by atoms with van der Waals surface area (Å²) in [5, 5.41) is 13.2. The minimum absolute atomic E-state index is 0.00929. The average molecular weight is 545 g/mol. The van der Waals surface area contributed by atoms with E-state index < -0.39 is 17.2 Å². The number of aromatic nitrogens is 2. The summed E-state index contributed by atoms with van der Waals surface area (Å²) in [4.78, 5) is 15.5. The standard InChI is InChI=1S/C28H34F2N4O3S/c29-23-17-24(30)19-25(18-23)34-28(36)27(37-16-8-3-1-2-7-15-35)26(20-31-34)32-11-13-33(14-12-32)38-21-22-9-5-4-6-10-22/h4-6,9-10,17-20,35H,1-3,7-8,11-16,21H2. The number of unbranched alkanes of at least 4 members (excludes halogenated alkanes) is 4. The number of anilines is 1. The first-order chi connectivity index (χ1) is 18.5. The molecule has 1 fully saturated rings. The number of halogens is 2. The summed E-state index contributed by atoms with van der Waals surface area (Å²) in [7, 11) is 0. The lowest BCUT2D eigenvalue weighted by Crippen LogP contribution is -2.44. The van der Waals surface area contributed by atoms with E-state index >= 15 is 0 Å². The molecule has 0 aliphatic carbocycles. The molecule has 0 radical (unpaired) electrons. The molecule has 10 heteroatoms. The third-order valence-corrected chi connectivity index (χ3v) is 7.58. The van der Waals surface area contributed by atoms with Crippen LogP contribution in [-0.4, -0.2) is 58.6 Å². The molecule has 38 heavy (non-hydrogen) atoms. The summed E-state index contributed by atoms with van der Waals surface area (Å²) in [6.45, 7) is 3.53. The number of aliphatic hydroxyl groups excluding tert-OH is 1. The number of piperazine rings is 1. The van der Waals surface area contributed by atoms with Gasteiger partial charge in [0.1, 0.15) is 17.3 Å². The highest BCUT2D eigenvalue weighted by Crippen LogP contribution is 2.28. The molecule has 2 aromatic carbocycles. The van der Waals surface area contributed by atoms with Gasteiger partial charge in [0.25, 0.3) is 0 Å². The van der Waals surface area contributed by atoms with Crippen LogP contribution >= 0.6 is 11.9 Å². The molecule has 0 saturated carbocycles. The van der Waals surface area contributed by atoms with Gasteiger partial charge in [-0.25, -0.2) is 13.1 Å². The van der Waals surface area contributed by atoms with E-state index in [1.807, 2.05) is 18.2 Å². The zero-order valence-electron chi connectivity index (χ0n) is 21.4. The number of benzene rings is 2. The number of hydrogen-bond acceptors (Lipinski definition) is 7. The monoisotopic (exact) mass is 544 g/mol. The maximum atomic E-state index is 13.9. The summed E-state index contributed by atoms with van der Waals surface area (Å²) in [6, 6.07) is 13.2. The summed E-state index contributed by atoms with van der Waals surface area (Å²) in [5.41, 5.74) is 1.33. The van der Waals surface area contributed by atoms with Crippen LogP contribution in [0, 0.1) is 11.6 Å². The van der Waals surface area contributed by atoms with Gasteiger partial charge in [0.05, 0.1) is 18.5 Å². The fourth-order valence-electron chi connectivity index (χ4n) is 4.35. The van der Waals surface area contributed by atoms with Crippen LogP contribution in [0.15, 0.2) is 59.5 Å². The largest absolute Gasteiger partial charge is 0.486 e. The van der Waals surface area contributed by atoms with Crippen LogP contribution in [0.5, 0.6) is 5.75 Å². The Morgan fingerprint density at radius 2 is 1.61 bits per heavy atom. The fraction of sp³-hybridized carbons (Fsp3) is 0.429. The second-order valence-electron chi connectivity index (χ2n) is 9.22. The molecule has 0 amide bonds. The van der Waals surface area contributed by atoms with Crippen molar-refractivity contribution in [3.63, 3.8) is 0 Å². The maximum Gasteiger partial charge on any atom is 0.316 e. The van der Waals surface area contributed by atoms with Gasteiger partial charge in [-0.05, 0) is 30.5 Å². The van der Waals surface area contributed by atoms with E-state index in [0.29, 0.717) is 25.4 Å². The first kappa shape index (κ1) is 28.1. The van der Waals surface area contributed by atoms with Gasteiger partial charge < -0.3 is 14.7 Å². The third kappa shape index (κ3) is 7.78. The molecule has 1 aromatic heterocycles. The Hall–Kier alpha value is -2.95. The lowest BCUT2D eigenvalue weighted by atomic mass is 10.1. The van der Waals surface area contributed by atoms with E-state index in [2.05, 4.69) is 26.4 Å². The number of ether oxygens (including phenoxy) is 1. The molecule has 0 bridgehead atoms. The minimum Gasteiger partial charge on any atom is -0.486 e. The Balaban J connectivity index is 1.46. The van der Waals surface area contributed by atoms with Gasteiger partial charge in [-0.2, -0.15) is 9.78 Å². The van der Waals surface area contributed by atoms with Crippen molar-refractivity contribution >= 4 is 17.6 Å². The summed E-state index contributed by atoms with van der Waals surface area (Å²) >= 11 is 1.79. The average Bonchev–Trinajstić information content (AvgIpc) is 2.92. The van der Waals surface area contributed by atoms with E-state index in [1.165, 1.54) is 5.56 Å². The second kappa shape index (κ2) is 14.3. The maximum absolute atomic E-state index is 13.9. The van der Waals surface area contributed by atoms with Crippen molar-refractivity contribution in [3.05, 3.63) is 82.3 Å². The molecule has 0 spiro atoms. The van der Waals surface area contributed by atoms with Crippen LogP contribution in [0.4, 0.5) is 14.5 Å². The zero-order chi connectivity index (χ0) is 26.7. The van der Waals surface area contributed by atoms with Crippen LogP contribution in [0.25, 0.3) is 5.69 Å². The first-order valence-electron chi connectivity index (χ1n) is 13.0. The Kier molecular flexibility index (Phi) is 10.5. The van der Waals surface area contributed by atoms with Crippen molar-refractivity contribution in [1.29, 1.82) is 0 Å². The molecule has 1 saturated heterocycles. The first-order valence-corrected chi connectivity index (χ1v) is 14.0. The lowest BCUT2D eigenvalue weighted by molar-refractivity contribution is 0.277. The molecule has 4 rings (SSSR count). The van der Waals surface area contributed by atoms with Crippen LogP contribution in [0.3, 0.4) is 0 Å². The van der Waals surface area contributed by atoms with Gasteiger partial charge in [0.15, 0.2) is 0 Å². The zero-order valence-corrected chi connectivity index (χ0v) is 22.2. The van der Waals surface area contributed by atoms with Crippen molar-refractivity contribution in [1.82, 2.24) is 14.1 Å². The van der Waals surface area contributed by atoms with Gasteiger partial charge in [-0.3, -0.25) is 4.79 Å². The quantitative estimate of drug-likeness (QED) is 0.245. The van der Waals surface area contributed by atoms with Crippen molar-refractivity contribution < 1.29 is 18.6 Å². The van der Waals surface area contributed by atoms with Crippen LogP contribution in [-0.2, 0) is 5.75 Å². The van der Waals surface area contributed by atoms with Crippen molar-refractivity contribution in [2.75, 3.05) is 44.3 Å². The second-order valence-corrected chi connectivity index (χ2v) is 10.3. The lowest BCUT2D eigenvalue weighted by Gasteiger charge is -2.35. The van der Waals surface area contributed by atoms with Crippen LogP contribution in [0.2, 0.25) is 0 Å². The van der Waals surface area contributed by atoms with Crippen molar-refractivity contribution in [2.24, 2.45) is 0 Å². The Bertz CT molecular complexity index is 1200. The van der Waals surface area contributed by atoms with Crippen molar-refractivity contribution in [3.8, 4) is 11.4 Å². The fourth-order valence-corrected chi connectivity index (χ4v) is 5.30. The summed E-state index contributed by atoms with van der Waals surface area (Å²) in [6.07, 6.45) is 5.92. The number of rotatable bonds is 13. The molecule has 1 N–H and O–H groups in total. The van der Waals surface area contributed by atoms with Crippen LogP contribution in [0.1, 0.15) is 37.7 Å². The predicted octanol–water partition coefficient (Wildman–Crippen LogP) is 4.80. The summed E-state index contributed by atoms with van der Waals surface area (Å²) in [5.74, 6) is -0.528. The van der Waals surface area contributed by atoms with Gasteiger partial charge >= 0.3 is 5.56 Å². The number of aliphatic hydroxyl groups is 1. The molecular weight excluding hydrogens is 510 g/mol. The van der Waals surface area contributed by atoms with Crippen LogP contribution < -0.4 is 15.2 Å². The third-order valence-electron chi connectivity index (χ3n) is 6.39. The molecule has 0 unspecified atom stereocenters. The smallest absolute Gasteiger partial charge is 0.316 e. The highest BCUT2D eigenvalue weighted by atomic mass is 32.2. The Morgan fingerprint density at radius 1 is 0.921 bits per heavy atom. The van der Waals surface area contributed by atoms with E-state index in [0.717, 1.165) is 73.8 Å². The van der Waals surface area contributed by atoms with E-state index in [4.69, 9.17) is 9.84 Å². The molecule has 1 aliphatic heterocycles. The van der Waals surface area contributed by atoms with Gasteiger partial charge in [0, 0.05) is 44.6 Å². The number of hydrogen-bond donors (Lipinski definition) is 1. The predicted molar refractivity (Wildman–Crippen MR) is 147 cm³/mol. The topological polar surface area (TPSA) is 70.8 Å². The molecule has 3 aromatic rings. The Labute approximate surface area is 226 Å². The molecule has 1 aliphatic rings. The molecule has 7 nitrogen and oxygen atoms in total. The summed E-state index contributed by atoms with van der Waals surface area (Å²) < 4.78 is 37.0. The van der Waals surface area contributed by atoms with Gasteiger partial charge in [0.2, 0.25) is 5.75 Å². The van der Waals surface area contributed by atoms with E-state index in [1.54, 1.807) is 18.1 Å². The SMILES string of the molecule is O=c1c(OCCCCCCCO)c(N2CCN(SCc3ccccc3)CC2)cnn1-c1cc(F)cc(F)c1. The molecule has 0 atom stereocenters. The number of nitrogens with zero attached hydrogens (tertiary/aromatic N) is 4. The van der Waals surface area contributed by atoms with Gasteiger partial charge in [-0.1, -0.05) is 61.5 Å². The highest BCUT2D eigenvalue weighted by Gasteiger charge is 2.24. The highest BCUT2D eigenvalue weighted by molar-refractivity contribution is 7.96.